The minimum absolute atomic E-state index is 0.00231. The number of benzene rings is 2. The van der Waals surface area contributed by atoms with Crippen molar-refractivity contribution in [3.8, 4) is 0 Å². The lowest BCUT2D eigenvalue weighted by Crippen LogP contribution is -2.19. The summed E-state index contributed by atoms with van der Waals surface area (Å²) < 4.78 is 14.2. The molecule has 1 atom stereocenters. The summed E-state index contributed by atoms with van der Waals surface area (Å²) in [6, 6.07) is 11.5. The molecule has 0 radical (unpaired) electrons. The van der Waals surface area contributed by atoms with Gasteiger partial charge in [-0.1, -0.05) is 24.3 Å². The lowest BCUT2D eigenvalue weighted by atomic mass is 9.93. The van der Waals surface area contributed by atoms with Crippen molar-refractivity contribution in [2.45, 2.75) is 19.9 Å². The van der Waals surface area contributed by atoms with Crippen molar-refractivity contribution in [1.82, 2.24) is 5.32 Å². The van der Waals surface area contributed by atoms with E-state index in [0.29, 0.717) is 4.47 Å². The molecule has 0 fully saturated rings. The average Bonchev–Trinajstić information content (AvgIpc) is 2.39. The summed E-state index contributed by atoms with van der Waals surface area (Å²) in [4.78, 5) is 0. The summed E-state index contributed by atoms with van der Waals surface area (Å²) in [7, 11) is 1.90. The number of nitrogens with one attached hydrogen (secondary N) is 1. The van der Waals surface area contributed by atoms with Crippen LogP contribution in [0.25, 0.3) is 0 Å². The largest absolute Gasteiger partial charge is 0.309 e. The predicted molar refractivity (Wildman–Crippen MR) is 80.9 cm³/mol. The smallest absolute Gasteiger partial charge is 0.137 e. The van der Waals surface area contributed by atoms with Gasteiger partial charge >= 0.3 is 0 Å². The van der Waals surface area contributed by atoms with Crippen LogP contribution in [0.4, 0.5) is 4.39 Å². The van der Waals surface area contributed by atoms with Crippen molar-refractivity contribution in [2.24, 2.45) is 0 Å². The summed E-state index contributed by atoms with van der Waals surface area (Å²) in [5, 5.41) is 3.27. The van der Waals surface area contributed by atoms with Crippen LogP contribution in [-0.4, -0.2) is 7.05 Å². The van der Waals surface area contributed by atoms with Gasteiger partial charge in [-0.3, -0.25) is 0 Å². The second-order valence-electron chi connectivity index (χ2n) is 4.68. The van der Waals surface area contributed by atoms with E-state index in [0.717, 1.165) is 5.56 Å². The van der Waals surface area contributed by atoms with Crippen LogP contribution < -0.4 is 5.32 Å². The van der Waals surface area contributed by atoms with Crippen molar-refractivity contribution in [3.05, 3.63) is 68.9 Å². The van der Waals surface area contributed by atoms with Crippen LogP contribution in [0.2, 0.25) is 0 Å². The molecule has 2 aromatic rings. The van der Waals surface area contributed by atoms with Gasteiger partial charge in [0.05, 0.1) is 10.5 Å². The summed E-state index contributed by atoms with van der Waals surface area (Å²) >= 11 is 3.19. The molecule has 0 heterocycles. The van der Waals surface area contributed by atoms with E-state index in [1.807, 2.05) is 19.2 Å². The Morgan fingerprint density at radius 3 is 2.53 bits per heavy atom. The molecule has 0 aromatic heterocycles. The molecule has 0 spiro atoms. The maximum absolute atomic E-state index is 13.7. The highest BCUT2D eigenvalue weighted by Gasteiger charge is 2.16. The minimum atomic E-state index is -0.233. The topological polar surface area (TPSA) is 12.0 Å². The summed E-state index contributed by atoms with van der Waals surface area (Å²) in [6.45, 7) is 4.19. The van der Waals surface area contributed by atoms with Crippen LogP contribution in [0.3, 0.4) is 0 Å². The molecule has 1 unspecified atom stereocenters. The van der Waals surface area contributed by atoms with Crippen LogP contribution in [0.1, 0.15) is 28.3 Å². The van der Waals surface area contributed by atoms with Gasteiger partial charge in [-0.15, -0.1) is 0 Å². The molecule has 0 amide bonds. The Bertz CT molecular complexity index is 595. The molecule has 0 aliphatic rings. The Morgan fingerprint density at radius 2 is 1.89 bits per heavy atom. The first kappa shape index (κ1) is 14.2. The molecule has 0 bridgehead atoms. The SMILES string of the molecule is CNC(c1ccc(Br)c(F)c1)c1cccc(C)c1C. The quantitative estimate of drug-likeness (QED) is 0.876. The zero-order valence-electron chi connectivity index (χ0n) is 11.3. The molecular weight excluding hydrogens is 305 g/mol. The zero-order valence-corrected chi connectivity index (χ0v) is 12.9. The van der Waals surface area contributed by atoms with Crippen LogP contribution in [-0.2, 0) is 0 Å². The van der Waals surface area contributed by atoms with Crippen molar-refractivity contribution < 1.29 is 4.39 Å². The molecule has 100 valence electrons. The fourth-order valence-electron chi connectivity index (χ4n) is 2.28. The Labute approximate surface area is 122 Å². The highest BCUT2D eigenvalue weighted by molar-refractivity contribution is 9.10. The molecule has 3 heteroatoms. The van der Waals surface area contributed by atoms with E-state index in [4.69, 9.17) is 0 Å². The van der Waals surface area contributed by atoms with E-state index in [9.17, 15) is 4.39 Å². The maximum atomic E-state index is 13.7. The third-order valence-corrected chi connectivity index (χ3v) is 4.17. The van der Waals surface area contributed by atoms with Crippen molar-refractivity contribution in [2.75, 3.05) is 7.05 Å². The molecule has 19 heavy (non-hydrogen) atoms. The standard InChI is InChI=1S/C16H17BrFN/c1-10-5-4-6-13(11(10)2)16(19-3)12-7-8-14(17)15(18)9-12/h4-9,16,19H,1-3H3. The Kier molecular flexibility index (Phi) is 4.38. The van der Waals surface area contributed by atoms with Crippen molar-refractivity contribution in [3.63, 3.8) is 0 Å². The molecule has 0 aliphatic heterocycles. The molecular formula is C16H17BrFN. The number of hydrogen-bond donors (Lipinski definition) is 1. The number of rotatable bonds is 3. The predicted octanol–water partition coefficient (Wildman–Crippen LogP) is 4.51. The Hall–Kier alpha value is -1.19. The summed E-state index contributed by atoms with van der Waals surface area (Å²) in [5.41, 5.74) is 4.60. The fourth-order valence-corrected chi connectivity index (χ4v) is 2.53. The first-order valence-electron chi connectivity index (χ1n) is 6.23. The highest BCUT2D eigenvalue weighted by Crippen LogP contribution is 2.28. The number of aryl methyl sites for hydroxylation is 1. The fraction of sp³-hybridized carbons (Fsp3) is 0.250. The Balaban J connectivity index is 2.50. The summed E-state index contributed by atoms with van der Waals surface area (Å²) in [5.74, 6) is -0.233. The number of halogens is 2. The molecule has 0 saturated heterocycles. The first-order chi connectivity index (χ1) is 9.04. The van der Waals surface area contributed by atoms with Crippen molar-refractivity contribution in [1.29, 1.82) is 0 Å². The van der Waals surface area contributed by atoms with E-state index >= 15 is 0 Å². The lowest BCUT2D eigenvalue weighted by molar-refractivity contribution is 0.610. The van der Waals surface area contributed by atoms with Gasteiger partial charge in [-0.25, -0.2) is 4.39 Å². The first-order valence-corrected chi connectivity index (χ1v) is 7.02. The number of hydrogen-bond acceptors (Lipinski definition) is 1. The Morgan fingerprint density at radius 1 is 1.16 bits per heavy atom. The van der Waals surface area contributed by atoms with Crippen LogP contribution in [0.5, 0.6) is 0 Å². The average molecular weight is 322 g/mol. The molecule has 1 N–H and O–H groups in total. The van der Waals surface area contributed by atoms with Gasteiger partial charge in [0, 0.05) is 0 Å². The normalized spacial score (nSPS) is 12.5. The van der Waals surface area contributed by atoms with Crippen molar-refractivity contribution >= 4 is 15.9 Å². The van der Waals surface area contributed by atoms with Gasteiger partial charge in [0.15, 0.2) is 0 Å². The van der Waals surface area contributed by atoms with E-state index in [-0.39, 0.29) is 11.9 Å². The third kappa shape index (κ3) is 2.88. The highest BCUT2D eigenvalue weighted by atomic mass is 79.9. The minimum Gasteiger partial charge on any atom is -0.309 e. The van der Waals surface area contributed by atoms with Crippen LogP contribution in [0.15, 0.2) is 40.9 Å². The van der Waals surface area contributed by atoms with Crippen LogP contribution in [0, 0.1) is 19.7 Å². The zero-order chi connectivity index (χ0) is 14.0. The van der Waals surface area contributed by atoms with Crippen LogP contribution >= 0.6 is 15.9 Å². The molecule has 2 aromatic carbocycles. The molecule has 1 nitrogen and oxygen atoms in total. The second kappa shape index (κ2) is 5.85. The summed E-state index contributed by atoms with van der Waals surface area (Å²) in [6.07, 6.45) is 0. The van der Waals surface area contributed by atoms with E-state index in [1.165, 1.54) is 16.7 Å². The molecule has 0 saturated carbocycles. The second-order valence-corrected chi connectivity index (χ2v) is 5.54. The van der Waals surface area contributed by atoms with Gasteiger partial charge < -0.3 is 5.32 Å². The van der Waals surface area contributed by atoms with Gasteiger partial charge in [0.1, 0.15) is 5.82 Å². The van der Waals surface area contributed by atoms with Gasteiger partial charge in [-0.05, 0) is 71.2 Å². The van der Waals surface area contributed by atoms with Gasteiger partial charge in [0.2, 0.25) is 0 Å². The van der Waals surface area contributed by atoms with Gasteiger partial charge in [-0.2, -0.15) is 0 Å². The van der Waals surface area contributed by atoms with E-state index < -0.39 is 0 Å². The maximum Gasteiger partial charge on any atom is 0.137 e. The van der Waals surface area contributed by atoms with E-state index in [2.05, 4.69) is 47.2 Å². The van der Waals surface area contributed by atoms with E-state index in [1.54, 1.807) is 12.1 Å². The lowest BCUT2D eigenvalue weighted by Gasteiger charge is -2.20. The third-order valence-electron chi connectivity index (χ3n) is 3.52. The molecule has 0 aliphatic carbocycles. The molecule has 2 rings (SSSR count). The monoisotopic (exact) mass is 321 g/mol. The van der Waals surface area contributed by atoms with Gasteiger partial charge in [0.25, 0.3) is 0 Å².